The van der Waals surface area contributed by atoms with Gasteiger partial charge in [0, 0.05) is 26.2 Å². The van der Waals surface area contributed by atoms with Crippen molar-refractivity contribution in [3.63, 3.8) is 0 Å². The number of piperidine rings is 1. The molecule has 2 aliphatic heterocycles. The molecule has 2 heterocycles. The van der Waals surface area contributed by atoms with E-state index in [9.17, 15) is 8.42 Å². The van der Waals surface area contributed by atoms with Crippen LogP contribution in [0.25, 0.3) is 0 Å². The highest BCUT2D eigenvalue weighted by atomic mass is 32.2. The molecular formula is C25H34N4O3S. The first-order chi connectivity index (χ1) is 16.0. The van der Waals surface area contributed by atoms with Gasteiger partial charge in [-0.1, -0.05) is 37.6 Å². The Kier molecular flexibility index (Phi) is 7.36. The second kappa shape index (κ2) is 10.2. The summed E-state index contributed by atoms with van der Waals surface area (Å²) in [7, 11) is -1.83. The molecule has 1 fully saturated rings. The Balaban J connectivity index is 1.41. The number of aryl methyl sites for hydroxylation is 1. The SMILES string of the molecule is CCCc1ccc(S(=O)(=O)N2CCC3(CC2)NCCN=C3NCc2ccc(OC)cc2)cc1. The minimum atomic E-state index is -3.50. The molecule has 0 aliphatic carbocycles. The molecule has 2 aliphatic rings. The lowest BCUT2D eigenvalue weighted by atomic mass is 9.85. The third-order valence-corrected chi connectivity index (χ3v) is 8.51. The number of methoxy groups -OCH3 is 1. The molecule has 4 rings (SSSR count). The van der Waals surface area contributed by atoms with Crippen LogP contribution in [0.4, 0.5) is 0 Å². The summed E-state index contributed by atoms with van der Waals surface area (Å²) in [4.78, 5) is 5.15. The van der Waals surface area contributed by atoms with E-state index in [0.717, 1.165) is 43.1 Å². The van der Waals surface area contributed by atoms with Crippen LogP contribution in [0.1, 0.15) is 37.3 Å². The van der Waals surface area contributed by atoms with Crippen LogP contribution in [-0.4, -0.2) is 57.4 Å². The molecule has 2 N–H and O–H groups in total. The molecule has 0 atom stereocenters. The summed E-state index contributed by atoms with van der Waals surface area (Å²) < 4.78 is 33.3. The smallest absolute Gasteiger partial charge is 0.243 e. The minimum absolute atomic E-state index is 0.304. The number of rotatable bonds is 7. The highest BCUT2D eigenvalue weighted by Gasteiger charge is 2.43. The van der Waals surface area contributed by atoms with Crippen LogP contribution in [0.5, 0.6) is 5.75 Å². The van der Waals surface area contributed by atoms with Gasteiger partial charge >= 0.3 is 0 Å². The zero-order valence-electron chi connectivity index (χ0n) is 19.5. The van der Waals surface area contributed by atoms with Crippen LogP contribution in [-0.2, 0) is 23.0 Å². The number of hydrogen-bond donors (Lipinski definition) is 2. The molecule has 8 heteroatoms. The first kappa shape index (κ1) is 23.7. The Labute approximate surface area is 197 Å². The van der Waals surface area contributed by atoms with Crippen molar-refractivity contribution in [2.45, 2.75) is 49.6 Å². The van der Waals surface area contributed by atoms with E-state index in [-0.39, 0.29) is 5.54 Å². The van der Waals surface area contributed by atoms with Crippen molar-refractivity contribution in [2.24, 2.45) is 4.99 Å². The number of amidine groups is 1. The number of nitrogens with zero attached hydrogens (tertiary/aromatic N) is 2. The first-order valence-corrected chi connectivity index (χ1v) is 13.2. The third-order valence-electron chi connectivity index (χ3n) is 6.59. The van der Waals surface area contributed by atoms with Crippen LogP contribution in [0.2, 0.25) is 0 Å². The van der Waals surface area contributed by atoms with Gasteiger partial charge in [0.2, 0.25) is 10.0 Å². The zero-order valence-corrected chi connectivity index (χ0v) is 20.3. The maximum Gasteiger partial charge on any atom is 0.243 e. The predicted molar refractivity (Wildman–Crippen MR) is 131 cm³/mol. The highest BCUT2D eigenvalue weighted by molar-refractivity contribution is 7.89. The first-order valence-electron chi connectivity index (χ1n) is 11.7. The molecular weight excluding hydrogens is 436 g/mol. The zero-order chi connectivity index (χ0) is 23.3. The quantitative estimate of drug-likeness (QED) is 0.650. The summed E-state index contributed by atoms with van der Waals surface area (Å²) in [6, 6.07) is 15.3. The molecule has 178 valence electrons. The lowest BCUT2D eigenvalue weighted by Crippen LogP contribution is -2.64. The highest BCUT2D eigenvalue weighted by Crippen LogP contribution is 2.29. The van der Waals surface area contributed by atoms with Crippen LogP contribution in [0.3, 0.4) is 0 Å². The van der Waals surface area contributed by atoms with Gasteiger partial charge in [0.1, 0.15) is 11.6 Å². The topological polar surface area (TPSA) is 83.0 Å². The van der Waals surface area contributed by atoms with Crippen molar-refractivity contribution in [3.05, 3.63) is 59.7 Å². The number of sulfonamides is 1. The molecule has 0 saturated carbocycles. The van der Waals surface area contributed by atoms with E-state index in [2.05, 4.69) is 17.6 Å². The molecule has 1 spiro atoms. The summed E-state index contributed by atoms with van der Waals surface area (Å²) in [6.45, 7) is 5.25. The molecule has 2 aromatic rings. The number of benzene rings is 2. The maximum atomic E-state index is 13.2. The van der Waals surface area contributed by atoms with Gasteiger partial charge in [0.05, 0.1) is 24.1 Å². The molecule has 2 aromatic carbocycles. The summed E-state index contributed by atoms with van der Waals surface area (Å²) >= 11 is 0. The van der Waals surface area contributed by atoms with Crippen molar-refractivity contribution in [2.75, 3.05) is 33.3 Å². The van der Waals surface area contributed by atoms with Gasteiger partial charge in [-0.05, 0) is 54.7 Å². The second-order valence-corrected chi connectivity index (χ2v) is 10.7. The van der Waals surface area contributed by atoms with Crippen LogP contribution in [0, 0.1) is 0 Å². The number of aliphatic imine (C=N–C) groups is 1. The average Bonchev–Trinajstić information content (AvgIpc) is 2.85. The van der Waals surface area contributed by atoms with Gasteiger partial charge in [-0.2, -0.15) is 4.31 Å². The standard InChI is InChI=1S/C25H34N4O3S/c1-3-4-20-7-11-23(12-8-20)33(30,31)29-17-13-25(14-18-29)24(26-15-16-28-25)27-19-21-5-9-22(32-2)10-6-21/h5-12,28H,3-4,13-19H2,1-2H3,(H,26,27). The second-order valence-electron chi connectivity index (χ2n) is 8.74. The summed E-state index contributed by atoms with van der Waals surface area (Å²) in [5.74, 6) is 1.77. The molecule has 0 radical (unpaired) electrons. The van der Waals surface area contributed by atoms with Crippen LogP contribution >= 0.6 is 0 Å². The largest absolute Gasteiger partial charge is 0.497 e. The Morgan fingerprint density at radius 1 is 1.06 bits per heavy atom. The van der Waals surface area contributed by atoms with Gasteiger partial charge in [0.25, 0.3) is 0 Å². The minimum Gasteiger partial charge on any atom is -0.497 e. The fraction of sp³-hybridized carbons (Fsp3) is 0.480. The predicted octanol–water partition coefficient (Wildman–Crippen LogP) is 2.96. The lowest BCUT2D eigenvalue weighted by molar-refractivity contribution is 0.241. The molecule has 1 saturated heterocycles. The van der Waals surface area contributed by atoms with E-state index in [0.29, 0.717) is 37.4 Å². The van der Waals surface area contributed by atoms with Gasteiger partial charge < -0.3 is 15.4 Å². The lowest BCUT2D eigenvalue weighted by Gasteiger charge is -2.44. The molecule has 33 heavy (non-hydrogen) atoms. The molecule has 0 amide bonds. The van der Waals surface area contributed by atoms with Gasteiger partial charge in [-0.3, -0.25) is 4.99 Å². The fourth-order valence-electron chi connectivity index (χ4n) is 4.64. The normalized spacial score (nSPS) is 18.7. The van der Waals surface area contributed by atoms with Crippen molar-refractivity contribution in [1.29, 1.82) is 0 Å². The van der Waals surface area contributed by atoms with Gasteiger partial charge in [-0.25, -0.2) is 8.42 Å². The van der Waals surface area contributed by atoms with Crippen molar-refractivity contribution in [1.82, 2.24) is 14.9 Å². The Morgan fingerprint density at radius 2 is 1.73 bits per heavy atom. The molecule has 0 unspecified atom stereocenters. The summed E-state index contributed by atoms with van der Waals surface area (Å²) in [5.41, 5.74) is 2.01. The number of ether oxygens (including phenoxy) is 1. The molecule has 0 bridgehead atoms. The van der Waals surface area contributed by atoms with Gasteiger partial charge in [0.15, 0.2) is 0 Å². The van der Waals surface area contributed by atoms with Crippen LogP contribution < -0.4 is 15.4 Å². The number of nitrogens with one attached hydrogen (secondary N) is 2. The Hall–Kier alpha value is -2.42. The monoisotopic (exact) mass is 470 g/mol. The van der Waals surface area contributed by atoms with E-state index in [4.69, 9.17) is 9.73 Å². The summed E-state index contributed by atoms with van der Waals surface area (Å²) in [5, 5.41) is 7.16. The van der Waals surface area contributed by atoms with E-state index in [1.54, 1.807) is 23.5 Å². The molecule has 0 aromatic heterocycles. The fourth-order valence-corrected chi connectivity index (χ4v) is 6.08. The summed E-state index contributed by atoms with van der Waals surface area (Å²) in [6.07, 6.45) is 3.39. The third kappa shape index (κ3) is 5.23. The number of hydrogen-bond acceptors (Lipinski definition) is 6. The van der Waals surface area contributed by atoms with E-state index in [1.807, 2.05) is 36.4 Å². The van der Waals surface area contributed by atoms with E-state index in [1.165, 1.54) is 5.56 Å². The van der Waals surface area contributed by atoms with Crippen LogP contribution in [0.15, 0.2) is 58.4 Å². The van der Waals surface area contributed by atoms with Gasteiger partial charge in [-0.15, -0.1) is 0 Å². The van der Waals surface area contributed by atoms with Crippen molar-refractivity contribution < 1.29 is 13.2 Å². The average molecular weight is 471 g/mol. The van der Waals surface area contributed by atoms with Crippen molar-refractivity contribution in [3.8, 4) is 5.75 Å². The van der Waals surface area contributed by atoms with E-state index >= 15 is 0 Å². The Morgan fingerprint density at radius 3 is 2.36 bits per heavy atom. The molecule has 7 nitrogen and oxygen atoms in total. The Bertz CT molecular complexity index is 1060. The maximum absolute atomic E-state index is 13.2. The van der Waals surface area contributed by atoms with Crippen molar-refractivity contribution >= 4 is 15.9 Å². The van der Waals surface area contributed by atoms with E-state index < -0.39 is 10.0 Å².